The Balaban J connectivity index is 1.95. The van der Waals surface area contributed by atoms with Crippen molar-refractivity contribution in [2.45, 2.75) is 25.7 Å². The molecule has 0 aromatic heterocycles. The molecular formula is C23H23FN2O3S. The first kappa shape index (κ1) is 21.5. The van der Waals surface area contributed by atoms with Crippen LogP contribution in [0.1, 0.15) is 16.7 Å². The van der Waals surface area contributed by atoms with Crippen LogP contribution in [0.15, 0.2) is 71.6 Å². The molecule has 3 rings (SSSR count). The predicted molar refractivity (Wildman–Crippen MR) is 117 cm³/mol. The molecule has 1 amide bonds. The van der Waals surface area contributed by atoms with Crippen LogP contribution in [0.4, 0.5) is 15.8 Å². The topological polar surface area (TPSA) is 66.5 Å². The van der Waals surface area contributed by atoms with Gasteiger partial charge in [-0.1, -0.05) is 29.8 Å². The van der Waals surface area contributed by atoms with Crippen LogP contribution in [0.2, 0.25) is 0 Å². The Morgan fingerprint density at radius 2 is 1.57 bits per heavy atom. The van der Waals surface area contributed by atoms with Crippen LogP contribution in [0.25, 0.3) is 0 Å². The van der Waals surface area contributed by atoms with Crippen molar-refractivity contribution < 1.29 is 17.6 Å². The summed E-state index contributed by atoms with van der Waals surface area (Å²) in [6, 6.07) is 16.9. The van der Waals surface area contributed by atoms with Crippen molar-refractivity contribution in [3.8, 4) is 0 Å². The van der Waals surface area contributed by atoms with E-state index in [1.54, 1.807) is 18.2 Å². The molecule has 5 nitrogen and oxygen atoms in total. The van der Waals surface area contributed by atoms with E-state index in [1.807, 2.05) is 32.9 Å². The first-order valence-corrected chi connectivity index (χ1v) is 10.8. The second-order valence-corrected chi connectivity index (χ2v) is 8.96. The standard InChI is InChI=1S/C23H23FN2O3S/c1-16-7-13-21(14-8-16)30(28,29)26(20-11-9-19(24)10-12-20)15-23(27)25-22-6-4-5-17(2)18(22)3/h4-14H,15H2,1-3H3,(H,25,27). The smallest absolute Gasteiger partial charge is 0.264 e. The molecule has 0 saturated heterocycles. The third-order valence-electron chi connectivity index (χ3n) is 4.89. The fourth-order valence-corrected chi connectivity index (χ4v) is 4.39. The van der Waals surface area contributed by atoms with Gasteiger partial charge in [-0.05, 0) is 74.4 Å². The molecule has 0 bridgehead atoms. The molecule has 3 aromatic carbocycles. The second-order valence-electron chi connectivity index (χ2n) is 7.10. The maximum absolute atomic E-state index is 13.4. The molecule has 30 heavy (non-hydrogen) atoms. The minimum absolute atomic E-state index is 0.0527. The van der Waals surface area contributed by atoms with Crippen molar-refractivity contribution in [1.29, 1.82) is 0 Å². The van der Waals surface area contributed by atoms with Gasteiger partial charge in [0.1, 0.15) is 12.4 Å². The van der Waals surface area contributed by atoms with Crippen LogP contribution in [-0.4, -0.2) is 20.9 Å². The summed E-state index contributed by atoms with van der Waals surface area (Å²) in [6.07, 6.45) is 0. The first-order valence-electron chi connectivity index (χ1n) is 9.39. The van der Waals surface area contributed by atoms with Crippen molar-refractivity contribution in [1.82, 2.24) is 0 Å². The molecule has 1 N–H and O–H groups in total. The Hall–Kier alpha value is -3.19. The highest BCUT2D eigenvalue weighted by Gasteiger charge is 2.27. The summed E-state index contributed by atoms with van der Waals surface area (Å²) in [5.74, 6) is -0.991. The van der Waals surface area contributed by atoms with Gasteiger partial charge in [0.2, 0.25) is 5.91 Å². The number of nitrogens with zero attached hydrogens (tertiary/aromatic N) is 1. The highest BCUT2D eigenvalue weighted by atomic mass is 32.2. The number of nitrogens with one attached hydrogen (secondary N) is 1. The van der Waals surface area contributed by atoms with Gasteiger partial charge in [-0.3, -0.25) is 9.10 Å². The van der Waals surface area contributed by atoms with Crippen molar-refractivity contribution in [3.05, 3.63) is 89.2 Å². The molecule has 0 fully saturated rings. The lowest BCUT2D eigenvalue weighted by Crippen LogP contribution is -2.38. The second kappa shape index (κ2) is 8.67. The lowest BCUT2D eigenvalue weighted by molar-refractivity contribution is -0.114. The van der Waals surface area contributed by atoms with Gasteiger partial charge in [-0.15, -0.1) is 0 Å². The lowest BCUT2D eigenvalue weighted by Gasteiger charge is -2.24. The van der Waals surface area contributed by atoms with Crippen LogP contribution in [0.3, 0.4) is 0 Å². The zero-order chi connectivity index (χ0) is 21.9. The van der Waals surface area contributed by atoms with E-state index in [9.17, 15) is 17.6 Å². The fraction of sp³-hybridized carbons (Fsp3) is 0.174. The summed E-state index contributed by atoms with van der Waals surface area (Å²) in [6.45, 7) is 5.21. The van der Waals surface area contributed by atoms with Gasteiger partial charge in [0.25, 0.3) is 10.0 Å². The van der Waals surface area contributed by atoms with Gasteiger partial charge in [0.05, 0.1) is 10.6 Å². The predicted octanol–water partition coefficient (Wildman–Crippen LogP) is 4.58. The third-order valence-corrected chi connectivity index (χ3v) is 6.68. The molecule has 0 spiro atoms. The molecule has 7 heteroatoms. The van der Waals surface area contributed by atoms with Crippen LogP contribution in [0, 0.1) is 26.6 Å². The summed E-state index contributed by atoms with van der Waals surface area (Å²) in [4.78, 5) is 12.8. The Kier molecular flexibility index (Phi) is 6.22. The number of hydrogen-bond donors (Lipinski definition) is 1. The summed E-state index contributed by atoms with van der Waals surface area (Å²) in [5.41, 5.74) is 3.64. The van der Waals surface area contributed by atoms with Gasteiger partial charge in [-0.25, -0.2) is 12.8 Å². The van der Waals surface area contributed by atoms with Gasteiger partial charge < -0.3 is 5.32 Å². The monoisotopic (exact) mass is 426 g/mol. The van der Waals surface area contributed by atoms with E-state index >= 15 is 0 Å². The summed E-state index contributed by atoms with van der Waals surface area (Å²) in [5, 5.41) is 2.78. The van der Waals surface area contributed by atoms with E-state index in [4.69, 9.17) is 0 Å². The van der Waals surface area contributed by atoms with Crippen LogP contribution < -0.4 is 9.62 Å². The van der Waals surface area contributed by atoms with Crippen LogP contribution >= 0.6 is 0 Å². The SMILES string of the molecule is Cc1ccc(S(=O)(=O)N(CC(=O)Nc2cccc(C)c2C)c2ccc(F)cc2)cc1. The molecule has 0 aliphatic rings. The molecule has 0 saturated carbocycles. The summed E-state index contributed by atoms with van der Waals surface area (Å²) >= 11 is 0. The maximum Gasteiger partial charge on any atom is 0.264 e. The Morgan fingerprint density at radius 1 is 0.933 bits per heavy atom. The number of carbonyl (C=O) groups excluding carboxylic acids is 1. The molecule has 0 unspecified atom stereocenters. The zero-order valence-electron chi connectivity index (χ0n) is 17.0. The molecule has 0 heterocycles. The Labute approximate surface area is 176 Å². The number of rotatable bonds is 6. The first-order chi connectivity index (χ1) is 14.2. The van der Waals surface area contributed by atoms with Crippen molar-refractivity contribution in [2.75, 3.05) is 16.2 Å². The highest BCUT2D eigenvalue weighted by Crippen LogP contribution is 2.25. The van der Waals surface area contributed by atoms with E-state index in [1.165, 1.54) is 24.3 Å². The van der Waals surface area contributed by atoms with E-state index in [2.05, 4.69) is 5.32 Å². The summed E-state index contributed by atoms with van der Waals surface area (Å²) in [7, 11) is -4.04. The lowest BCUT2D eigenvalue weighted by atomic mass is 10.1. The van der Waals surface area contributed by atoms with Crippen LogP contribution in [-0.2, 0) is 14.8 Å². The van der Waals surface area contributed by atoms with Crippen molar-refractivity contribution >= 4 is 27.3 Å². The van der Waals surface area contributed by atoms with E-state index in [-0.39, 0.29) is 10.6 Å². The third kappa shape index (κ3) is 4.68. The molecule has 3 aromatic rings. The zero-order valence-corrected chi connectivity index (χ0v) is 17.8. The largest absolute Gasteiger partial charge is 0.324 e. The van der Waals surface area contributed by atoms with Gasteiger partial charge in [0.15, 0.2) is 0 Å². The Morgan fingerprint density at radius 3 is 2.20 bits per heavy atom. The minimum Gasteiger partial charge on any atom is -0.324 e. The van der Waals surface area contributed by atoms with Crippen molar-refractivity contribution in [2.24, 2.45) is 0 Å². The van der Waals surface area contributed by atoms with Gasteiger partial charge in [0, 0.05) is 5.69 Å². The number of aryl methyl sites for hydroxylation is 2. The number of hydrogen-bond acceptors (Lipinski definition) is 3. The maximum atomic E-state index is 13.4. The average Bonchev–Trinajstić information content (AvgIpc) is 2.71. The van der Waals surface area contributed by atoms with Gasteiger partial charge >= 0.3 is 0 Å². The normalized spacial score (nSPS) is 11.2. The van der Waals surface area contributed by atoms with Crippen LogP contribution in [0.5, 0.6) is 0 Å². The average molecular weight is 427 g/mol. The molecule has 0 aliphatic carbocycles. The van der Waals surface area contributed by atoms with E-state index in [0.29, 0.717) is 5.69 Å². The summed E-state index contributed by atoms with van der Waals surface area (Å²) < 4.78 is 41.0. The molecule has 0 radical (unpaired) electrons. The minimum atomic E-state index is -4.04. The number of benzene rings is 3. The van der Waals surface area contributed by atoms with Crippen molar-refractivity contribution in [3.63, 3.8) is 0 Å². The van der Waals surface area contributed by atoms with Gasteiger partial charge in [-0.2, -0.15) is 0 Å². The number of carbonyl (C=O) groups is 1. The fourth-order valence-electron chi connectivity index (χ4n) is 2.97. The molecular weight excluding hydrogens is 403 g/mol. The Bertz CT molecular complexity index is 1160. The quantitative estimate of drug-likeness (QED) is 0.627. The van der Waals surface area contributed by atoms with E-state index < -0.39 is 28.3 Å². The highest BCUT2D eigenvalue weighted by molar-refractivity contribution is 7.92. The van der Waals surface area contributed by atoms with E-state index in [0.717, 1.165) is 33.1 Å². The molecule has 0 atom stereocenters. The number of anilines is 2. The number of halogens is 1. The number of amides is 1. The molecule has 0 aliphatic heterocycles. The molecule has 156 valence electrons. The number of sulfonamides is 1.